The van der Waals surface area contributed by atoms with Gasteiger partial charge in [-0.3, -0.25) is 4.79 Å². The number of sulfone groups is 2. The van der Waals surface area contributed by atoms with Gasteiger partial charge in [-0.05, 0) is 87.2 Å². The van der Waals surface area contributed by atoms with Crippen LogP contribution < -0.4 is 4.90 Å². The molecule has 8 nitrogen and oxygen atoms in total. The van der Waals surface area contributed by atoms with E-state index < -0.39 is 59.5 Å². The number of fused-ring (bicyclic) bond motifs is 1. The number of carbonyl (C=O) groups is 2. The third kappa shape index (κ3) is 6.14. The van der Waals surface area contributed by atoms with Gasteiger partial charge in [-0.1, -0.05) is 66.7 Å². The van der Waals surface area contributed by atoms with Crippen LogP contribution in [0.3, 0.4) is 0 Å². The predicted octanol–water partition coefficient (Wildman–Crippen LogP) is 6.25. The second-order valence-electron chi connectivity index (χ2n) is 11.9. The first-order chi connectivity index (χ1) is 21.2. The fourth-order valence-corrected chi connectivity index (χ4v) is 10.3. The zero-order valence-corrected chi connectivity index (χ0v) is 26.5. The average molecular weight is 650 g/mol. The zero-order valence-electron chi connectivity index (χ0n) is 24.9. The molecule has 0 saturated heterocycles. The first kappa shape index (κ1) is 32.1. The molecule has 45 heavy (non-hydrogen) atoms. The Labute approximate surface area is 262 Å². The maximum Gasteiger partial charge on any atom is 0.421 e. The summed E-state index contributed by atoms with van der Waals surface area (Å²) in [6.45, 7) is 4.91. The van der Waals surface area contributed by atoms with E-state index in [9.17, 15) is 30.8 Å². The zero-order chi connectivity index (χ0) is 32.6. The Morgan fingerprint density at radius 2 is 1.27 bits per heavy atom. The van der Waals surface area contributed by atoms with Crippen molar-refractivity contribution in [3.05, 3.63) is 126 Å². The molecular weight excluding hydrogens is 618 g/mol. The number of anilines is 1. The van der Waals surface area contributed by atoms with Gasteiger partial charge in [-0.15, -0.1) is 0 Å². The van der Waals surface area contributed by atoms with Crippen molar-refractivity contribution in [1.29, 1.82) is 0 Å². The molecule has 1 aliphatic rings. The van der Waals surface area contributed by atoms with Crippen molar-refractivity contribution in [2.45, 2.75) is 59.0 Å². The highest BCUT2D eigenvalue weighted by Crippen LogP contribution is 2.49. The maximum absolute atomic E-state index is 14.7. The van der Waals surface area contributed by atoms with E-state index in [1.165, 1.54) is 78.9 Å². The lowest BCUT2D eigenvalue weighted by atomic mass is 9.74. The van der Waals surface area contributed by atoms with Crippen LogP contribution in [0.5, 0.6) is 0 Å². The minimum Gasteiger partial charge on any atom is -0.443 e. The van der Waals surface area contributed by atoms with Crippen molar-refractivity contribution in [3.8, 4) is 0 Å². The average Bonchev–Trinajstić information content (AvgIpc) is 3.24. The molecule has 5 rings (SSSR count). The normalized spacial score (nSPS) is 16.9. The first-order valence-electron chi connectivity index (χ1n) is 14.2. The highest BCUT2D eigenvalue weighted by atomic mass is 32.3. The van der Waals surface area contributed by atoms with Gasteiger partial charge in [0.15, 0.2) is 24.3 Å². The van der Waals surface area contributed by atoms with Crippen LogP contribution in [0.15, 0.2) is 119 Å². The van der Waals surface area contributed by atoms with Crippen molar-refractivity contribution in [3.63, 3.8) is 0 Å². The van der Waals surface area contributed by atoms with Crippen LogP contribution in [0, 0.1) is 5.82 Å². The Morgan fingerprint density at radius 3 is 1.78 bits per heavy atom. The van der Waals surface area contributed by atoms with Crippen molar-refractivity contribution in [2.24, 2.45) is 0 Å². The van der Waals surface area contributed by atoms with Crippen molar-refractivity contribution < 1.29 is 35.6 Å². The molecule has 0 spiro atoms. The van der Waals surface area contributed by atoms with Crippen molar-refractivity contribution >= 4 is 37.4 Å². The summed E-state index contributed by atoms with van der Waals surface area (Å²) in [4.78, 5) is 28.6. The molecular formula is C34H32FNO7S2. The van der Waals surface area contributed by atoms with Crippen LogP contribution in [0.1, 0.15) is 38.3 Å². The molecule has 1 atom stereocenters. The molecule has 2 amide bonds. The van der Waals surface area contributed by atoms with Crippen molar-refractivity contribution in [2.75, 3.05) is 4.90 Å². The van der Waals surface area contributed by atoms with Crippen LogP contribution in [0.25, 0.3) is 0 Å². The van der Waals surface area contributed by atoms with E-state index in [2.05, 4.69) is 0 Å². The highest BCUT2D eigenvalue weighted by molar-refractivity contribution is 8.09. The largest absolute Gasteiger partial charge is 0.443 e. The Kier molecular flexibility index (Phi) is 8.45. The maximum atomic E-state index is 14.7. The summed E-state index contributed by atoms with van der Waals surface area (Å²) in [6, 6.07) is 25.9. The number of imide groups is 1. The molecule has 0 unspecified atom stereocenters. The van der Waals surface area contributed by atoms with Gasteiger partial charge in [-0.2, -0.15) is 0 Å². The Morgan fingerprint density at radius 1 is 0.778 bits per heavy atom. The highest BCUT2D eigenvalue weighted by Gasteiger charge is 2.58. The number of hydrogen-bond acceptors (Lipinski definition) is 7. The van der Waals surface area contributed by atoms with Gasteiger partial charge in [-0.25, -0.2) is 30.9 Å². The molecule has 234 valence electrons. The van der Waals surface area contributed by atoms with E-state index in [4.69, 9.17) is 4.74 Å². The number of amides is 2. The summed E-state index contributed by atoms with van der Waals surface area (Å²) in [7, 11) is -9.32. The number of ether oxygens (including phenoxy) is 1. The smallest absolute Gasteiger partial charge is 0.421 e. The molecule has 0 N–H and O–H groups in total. The molecule has 11 heteroatoms. The van der Waals surface area contributed by atoms with E-state index >= 15 is 0 Å². The lowest BCUT2D eigenvalue weighted by Crippen LogP contribution is -2.49. The SMILES string of the molecule is CC(C)(C)OC(=O)N1C(=O)[C@](Cc2ccc(F)cc2)(CC(S(=O)(=O)c2ccccc2)S(=O)(=O)c2ccccc2)c2ccccc21. The van der Waals surface area contributed by atoms with E-state index in [0.717, 1.165) is 4.90 Å². The van der Waals surface area contributed by atoms with Gasteiger partial charge >= 0.3 is 6.09 Å². The molecule has 0 radical (unpaired) electrons. The number of carbonyl (C=O) groups excluding carboxylic acids is 2. The number of hydrogen-bond donors (Lipinski definition) is 0. The van der Waals surface area contributed by atoms with Gasteiger partial charge in [0.1, 0.15) is 11.4 Å². The number of benzene rings is 4. The van der Waals surface area contributed by atoms with Crippen LogP contribution in [0.4, 0.5) is 14.9 Å². The minimum absolute atomic E-state index is 0.145. The monoisotopic (exact) mass is 649 g/mol. The summed E-state index contributed by atoms with van der Waals surface area (Å²) in [5.74, 6) is -1.38. The van der Waals surface area contributed by atoms with E-state index in [1.807, 2.05) is 0 Å². The molecule has 0 aliphatic carbocycles. The molecule has 0 bridgehead atoms. The quantitative estimate of drug-likeness (QED) is 0.222. The summed E-state index contributed by atoms with van der Waals surface area (Å²) in [6.07, 6.45) is -1.96. The second kappa shape index (κ2) is 11.9. The topological polar surface area (TPSA) is 115 Å². The molecule has 4 aromatic carbocycles. The standard InChI is InChI=1S/C34H32FNO7S2/c1-33(2,3)43-32(38)36-29-17-11-10-16-28(29)34(31(36)37,22-24-18-20-25(35)21-19-24)23-30(44(39,40)26-12-6-4-7-13-26)45(41,42)27-14-8-5-9-15-27/h4-21,30H,22-23H2,1-3H3/t34-/m1/s1. The van der Waals surface area contributed by atoms with Crippen molar-refractivity contribution in [1.82, 2.24) is 0 Å². The van der Waals surface area contributed by atoms with Crippen LogP contribution in [0.2, 0.25) is 0 Å². The van der Waals surface area contributed by atoms with E-state index in [-0.39, 0.29) is 27.5 Å². The molecule has 1 heterocycles. The summed E-state index contributed by atoms with van der Waals surface area (Å²) in [5, 5.41) is 0. The van der Waals surface area contributed by atoms with E-state index in [0.29, 0.717) is 5.56 Å². The van der Waals surface area contributed by atoms with Gasteiger partial charge in [0.05, 0.1) is 20.9 Å². The summed E-state index contributed by atoms with van der Waals surface area (Å²) in [5.41, 5.74) is -2.04. The summed E-state index contributed by atoms with van der Waals surface area (Å²) >= 11 is 0. The predicted molar refractivity (Wildman–Crippen MR) is 168 cm³/mol. The van der Waals surface area contributed by atoms with Gasteiger partial charge in [0, 0.05) is 0 Å². The van der Waals surface area contributed by atoms with Crippen LogP contribution in [-0.2, 0) is 41.0 Å². The fourth-order valence-electron chi connectivity index (χ4n) is 5.59. The van der Waals surface area contributed by atoms with Gasteiger partial charge < -0.3 is 4.74 Å². The summed E-state index contributed by atoms with van der Waals surface area (Å²) < 4.78 is 74.8. The molecule has 1 aliphatic heterocycles. The van der Waals surface area contributed by atoms with Crippen LogP contribution >= 0.6 is 0 Å². The Balaban J connectivity index is 1.77. The first-order valence-corrected chi connectivity index (χ1v) is 17.3. The fraction of sp³-hybridized carbons (Fsp3) is 0.235. The second-order valence-corrected chi connectivity index (χ2v) is 16.4. The third-order valence-corrected chi connectivity index (χ3v) is 12.7. The van der Waals surface area contributed by atoms with E-state index in [1.54, 1.807) is 51.1 Å². The number of para-hydroxylation sites is 1. The lowest BCUT2D eigenvalue weighted by Gasteiger charge is -2.32. The van der Waals surface area contributed by atoms with Gasteiger partial charge in [0.2, 0.25) is 5.91 Å². The Bertz CT molecular complexity index is 1870. The third-order valence-electron chi connectivity index (χ3n) is 7.62. The lowest BCUT2D eigenvalue weighted by molar-refractivity contribution is -0.123. The number of nitrogens with zero attached hydrogens (tertiary/aromatic N) is 1. The molecule has 4 aromatic rings. The molecule has 0 saturated carbocycles. The van der Waals surface area contributed by atoms with Gasteiger partial charge in [0.25, 0.3) is 0 Å². The number of halogens is 1. The molecule has 0 fully saturated rings. The molecule has 0 aromatic heterocycles. The minimum atomic E-state index is -4.66. The van der Waals surface area contributed by atoms with Crippen LogP contribution in [-0.4, -0.2) is 39.0 Å². The number of rotatable bonds is 8. The Hall–Kier alpha value is -4.35.